The van der Waals surface area contributed by atoms with Gasteiger partial charge in [0.15, 0.2) is 0 Å². The summed E-state index contributed by atoms with van der Waals surface area (Å²) in [5, 5.41) is 11.2. The average Bonchev–Trinajstić information content (AvgIpc) is 2.83. The molecule has 0 aromatic carbocycles. The van der Waals surface area contributed by atoms with Crippen LogP contribution < -0.4 is 5.32 Å². The first kappa shape index (κ1) is 15.8. The van der Waals surface area contributed by atoms with E-state index < -0.39 is 12.0 Å². The highest BCUT2D eigenvalue weighted by Crippen LogP contribution is 2.22. The van der Waals surface area contributed by atoms with Crippen LogP contribution >= 0.6 is 11.8 Å². The molecule has 0 aliphatic carbocycles. The predicted octanol–water partition coefficient (Wildman–Crippen LogP) is 0.669. The van der Waals surface area contributed by atoms with Gasteiger partial charge >= 0.3 is 5.97 Å². The van der Waals surface area contributed by atoms with Gasteiger partial charge in [0.2, 0.25) is 11.8 Å². The molecule has 0 spiro atoms. The van der Waals surface area contributed by atoms with Crippen LogP contribution in [0.5, 0.6) is 0 Å². The summed E-state index contributed by atoms with van der Waals surface area (Å²) in [7, 11) is 0. The minimum absolute atomic E-state index is 0.0122. The van der Waals surface area contributed by atoms with E-state index >= 15 is 0 Å². The van der Waals surface area contributed by atoms with Crippen molar-refractivity contribution in [3.63, 3.8) is 0 Å². The molecular formula is C12H20N2O4S. The summed E-state index contributed by atoms with van der Waals surface area (Å²) in [6.45, 7) is 2.27. The number of carbonyl (C=O) groups excluding carboxylic acids is 2. The van der Waals surface area contributed by atoms with Gasteiger partial charge in [-0.2, -0.15) is 0 Å². The van der Waals surface area contributed by atoms with Gasteiger partial charge in [0.05, 0.1) is 5.88 Å². The van der Waals surface area contributed by atoms with E-state index in [1.807, 2.05) is 6.92 Å². The minimum atomic E-state index is -0.870. The van der Waals surface area contributed by atoms with Crippen molar-refractivity contribution in [2.45, 2.75) is 38.6 Å². The van der Waals surface area contributed by atoms with Crippen molar-refractivity contribution in [1.29, 1.82) is 0 Å². The van der Waals surface area contributed by atoms with E-state index in [0.29, 0.717) is 31.0 Å². The van der Waals surface area contributed by atoms with Gasteiger partial charge in [-0.15, -0.1) is 11.8 Å². The summed E-state index contributed by atoms with van der Waals surface area (Å²) in [6.07, 6.45) is 1.68. The Morgan fingerprint density at radius 1 is 1.37 bits per heavy atom. The van der Waals surface area contributed by atoms with E-state index in [-0.39, 0.29) is 18.2 Å². The molecule has 0 radical (unpaired) electrons. The number of rotatable bonds is 7. The summed E-state index contributed by atoms with van der Waals surface area (Å²) in [5.41, 5.74) is 0. The lowest BCUT2D eigenvalue weighted by Crippen LogP contribution is -2.47. The van der Waals surface area contributed by atoms with Crippen molar-refractivity contribution in [3.05, 3.63) is 0 Å². The highest BCUT2D eigenvalue weighted by Gasteiger charge is 2.33. The van der Waals surface area contributed by atoms with E-state index in [1.165, 1.54) is 0 Å². The lowest BCUT2D eigenvalue weighted by atomic mass is 10.2. The van der Waals surface area contributed by atoms with E-state index in [0.717, 1.165) is 6.42 Å². The molecule has 2 amide bonds. The van der Waals surface area contributed by atoms with Crippen LogP contribution in [0.15, 0.2) is 0 Å². The second-order valence-electron chi connectivity index (χ2n) is 4.42. The number of thioether (sulfide) groups is 1. The van der Waals surface area contributed by atoms with E-state index in [4.69, 9.17) is 5.11 Å². The average molecular weight is 288 g/mol. The standard InChI is InChI=1S/C12H20N2O4S/c1-2-4-10(15)14-8-19-7-9(14)12(18)13-6-3-5-11(16)17/h9H,2-8H2,1H3,(H,13,18)(H,16,17). The molecule has 108 valence electrons. The summed E-state index contributed by atoms with van der Waals surface area (Å²) in [6, 6.07) is -0.408. The molecule has 1 rings (SSSR count). The zero-order valence-corrected chi connectivity index (χ0v) is 11.9. The third-order valence-electron chi connectivity index (χ3n) is 2.84. The van der Waals surface area contributed by atoms with Crippen LogP contribution in [0.4, 0.5) is 0 Å². The highest BCUT2D eigenvalue weighted by atomic mass is 32.2. The maximum atomic E-state index is 11.9. The molecule has 1 atom stereocenters. The Kier molecular flexibility index (Phi) is 6.69. The molecule has 1 saturated heterocycles. The summed E-state index contributed by atoms with van der Waals surface area (Å²) in [5.74, 6) is 0.134. The van der Waals surface area contributed by atoms with Crippen LogP contribution in [0.3, 0.4) is 0 Å². The SMILES string of the molecule is CCCC(=O)N1CSCC1C(=O)NCCCC(=O)O. The molecule has 6 nitrogen and oxygen atoms in total. The first-order valence-corrected chi connectivity index (χ1v) is 7.58. The number of nitrogens with zero attached hydrogens (tertiary/aromatic N) is 1. The molecule has 0 saturated carbocycles. The smallest absolute Gasteiger partial charge is 0.303 e. The molecule has 2 N–H and O–H groups in total. The number of aliphatic carboxylic acids is 1. The number of carboxylic acids is 1. The molecule has 0 bridgehead atoms. The van der Waals surface area contributed by atoms with Crippen LogP contribution in [0.2, 0.25) is 0 Å². The first-order chi connectivity index (χ1) is 9.06. The maximum absolute atomic E-state index is 11.9. The Bertz CT molecular complexity index is 349. The molecule has 0 aromatic heterocycles. The van der Waals surface area contributed by atoms with Gasteiger partial charge in [-0.25, -0.2) is 0 Å². The quantitative estimate of drug-likeness (QED) is 0.672. The fourth-order valence-electron chi connectivity index (χ4n) is 1.83. The minimum Gasteiger partial charge on any atom is -0.481 e. The van der Waals surface area contributed by atoms with Crippen molar-refractivity contribution in [2.75, 3.05) is 18.2 Å². The zero-order chi connectivity index (χ0) is 14.3. The Morgan fingerprint density at radius 3 is 2.74 bits per heavy atom. The second kappa shape index (κ2) is 8.04. The highest BCUT2D eigenvalue weighted by molar-refractivity contribution is 7.99. The molecule has 1 aliphatic heterocycles. The van der Waals surface area contributed by atoms with Crippen LogP contribution in [0.1, 0.15) is 32.6 Å². The monoisotopic (exact) mass is 288 g/mol. The van der Waals surface area contributed by atoms with Gasteiger partial charge in [-0.05, 0) is 12.8 Å². The second-order valence-corrected chi connectivity index (χ2v) is 5.42. The summed E-state index contributed by atoms with van der Waals surface area (Å²) >= 11 is 1.57. The Labute approximate surface area is 116 Å². The maximum Gasteiger partial charge on any atom is 0.303 e. The lowest BCUT2D eigenvalue weighted by Gasteiger charge is -2.22. The number of amides is 2. The van der Waals surface area contributed by atoms with E-state index in [1.54, 1.807) is 16.7 Å². The normalized spacial score (nSPS) is 18.4. The van der Waals surface area contributed by atoms with Gasteiger partial charge in [0, 0.05) is 25.1 Å². The predicted molar refractivity (Wildman–Crippen MR) is 72.7 cm³/mol. The molecule has 1 heterocycles. The topological polar surface area (TPSA) is 86.7 Å². The number of nitrogens with one attached hydrogen (secondary N) is 1. The van der Waals surface area contributed by atoms with Gasteiger partial charge in [0.1, 0.15) is 6.04 Å². The number of carbonyl (C=O) groups is 3. The van der Waals surface area contributed by atoms with Gasteiger partial charge in [0.25, 0.3) is 0 Å². The van der Waals surface area contributed by atoms with Gasteiger partial charge in [-0.1, -0.05) is 6.92 Å². The molecule has 1 unspecified atom stereocenters. The fourth-order valence-corrected chi connectivity index (χ4v) is 3.01. The number of hydrogen-bond acceptors (Lipinski definition) is 4. The molecule has 0 aromatic rings. The zero-order valence-electron chi connectivity index (χ0n) is 11.1. The van der Waals surface area contributed by atoms with Crippen LogP contribution in [0, 0.1) is 0 Å². The molecular weight excluding hydrogens is 268 g/mol. The van der Waals surface area contributed by atoms with Crippen molar-refractivity contribution in [1.82, 2.24) is 10.2 Å². The fraction of sp³-hybridized carbons (Fsp3) is 0.750. The van der Waals surface area contributed by atoms with Crippen LogP contribution in [-0.2, 0) is 14.4 Å². The number of carboxylic acid groups (broad SMARTS) is 1. The van der Waals surface area contributed by atoms with Crippen molar-refractivity contribution >= 4 is 29.5 Å². The Morgan fingerprint density at radius 2 is 2.11 bits per heavy atom. The molecule has 1 aliphatic rings. The lowest BCUT2D eigenvalue weighted by molar-refractivity contribution is -0.138. The van der Waals surface area contributed by atoms with E-state index in [2.05, 4.69) is 5.32 Å². The Balaban J connectivity index is 2.37. The third kappa shape index (κ3) is 5.10. The molecule has 19 heavy (non-hydrogen) atoms. The molecule has 7 heteroatoms. The number of hydrogen-bond donors (Lipinski definition) is 2. The summed E-state index contributed by atoms with van der Waals surface area (Å²) in [4.78, 5) is 35.7. The summed E-state index contributed by atoms with van der Waals surface area (Å²) < 4.78 is 0. The van der Waals surface area contributed by atoms with Gasteiger partial charge in [-0.3, -0.25) is 14.4 Å². The largest absolute Gasteiger partial charge is 0.481 e. The van der Waals surface area contributed by atoms with Crippen molar-refractivity contribution in [3.8, 4) is 0 Å². The van der Waals surface area contributed by atoms with Crippen molar-refractivity contribution in [2.24, 2.45) is 0 Å². The van der Waals surface area contributed by atoms with Gasteiger partial charge < -0.3 is 15.3 Å². The molecule has 1 fully saturated rings. The third-order valence-corrected chi connectivity index (χ3v) is 3.85. The van der Waals surface area contributed by atoms with Crippen molar-refractivity contribution < 1.29 is 19.5 Å². The first-order valence-electron chi connectivity index (χ1n) is 6.43. The van der Waals surface area contributed by atoms with Crippen LogP contribution in [0.25, 0.3) is 0 Å². The Hall–Kier alpha value is -1.24. The van der Waals surface area contributed by atoms with Crippen LogP contribution in [-0.4, -0.2) is 52.0 Å². The van der Waals surface area contributed by atoms with E-state index in [9.17, 15) is 14.4 Å².